The van der Waals surface area contributed by atoms with E-state index in [0.717, 1.165) is 12.0 Å². The molecule has 1 amide bonds. The number of hydrogen-bond acceptors (Lipinski definition) is 2. The lowest BCUT2D eigenvalue weighted by Gasteiger charge is -2.08. The van der Waals surface area contributed by atoms with Gasteiger partial charge in [0.25, 0.3) is 5.91 Å². The highest BCUT2D eigenvalue weighted by Crippen LogP contribution is 2.08. The maximum atomic E-state index is 11.7. The summed E-state index contributed by atoms with van der Waals surface area (Å²) in [6.45, 7) is 2.69. The van der Waals surface area contributed by atoms with E-state index in [1.165, 1.54) is 5.56 Å². The molecule has 3 heteroatoms. The van der Waals surface area contributed by atoms with Gasteiger partial charge in [0, 0.05) is 6.54 Å². The molecule has 20 heavy (non-hydrogen) atoms. The van der Waals surface area contributed by atoms with Crippen LogP contribution in [0.3, 0.4) is 0 Å². The van der Waals surface area contributed by atoms with E-state index in [1.807, 2.05) is 42.5 Å². The number of ether oxygens (including phenoxy) is 1. The van der Waals surface area contributed by atoms with Crippen molar-refractivity contribution in [2.24, 2.45) is 0 Å². The molecule has 0 aliphatic carbocycles. The lowest BCUT2D eigenvalue weighted by Crippen LogP contribution is -2.28. The van der Waals surface area contributed by atoms with Crippen molar-refractivity contribution in [3.8, 4) is 5.75 Å². The van der Waals surface area contributed by atoms with Crippen molar-refractivity contribution in [2.75, 3.05) is 6.61 Å². The highest BCUT2D eigenvalue weighted by molar-refractivity contribution is 5.77. The fourth-order valence-electron chi connectivity index (χ4n) is 1.81. The van der Waals surface area contributed by atoms with Crippen LogP contribution in [0.4, 0.5) is 0 Å². The number of nitrogens with one attached hydrogen (secondary N) is 1. The fourth-order valence-corrected chi connectivity index (χ4v) is 1.81. The molecule has 2 aromatic carbocycles. The van der Waals surface area contributed by atoms with Gasteiger partial charge in [0.05, 0.1) is 0 Å². The van der Waals surface area contributed by atoms with Crippen LogP contribution in [-0.2, 0) is 17.8 Å². The summed E-state index contributed by atoms with van der Waals surface area (Å²) in [6, 6.07) is 17.6. The third kappa shape index (κ3) is 4.43. The summed E-state index contributed by atoms with van der Waals surface area (Å²) in [5.41, 5.74) is 2.39. The SMILES string of the molecule is CCc1ccc(CNC(=O)COc2ccccc2)cc1. The molecule has 0 unspecified atom stereocenters. The van der Waals surface area contributed by atoms with Gasteiger partial charge in [0.2, 0.25) is 0 Å². The molecule has 0 bridgehead atoms. The average molecular weight is 269 g/mol. The number of benzene rings is 2. The zero-order valence-electron chi connectivity index (χ0n) is 11.6. The van der Waals surface area contributed by atoms with Gasteiger partial charge in [-0.05, 0) is 29.7 Å². The second-order valence-electron chi connectivity index (χ2n) is 4.55. The Morgan fingerprint density at radius 2 is 1.65 bits per heavy atom. The van der Waals surface area contributed by atoms with Crippen molar-refractivity contribution < 1.29 is 9.53 Å². The first-order valence-electron chi connectivity index (χ1n) is 6.80. The molecule has 0 aromatic heterocycles. The predicted molar refractivity (Wildman–Crippen MR) is 79.6 cm³/mol. The van der Waals surface area contributed by atoms with Crippen LogP contribution in [-0.4, -0.2) is 12.5 Å². The molecule has 104 valence electrons. The van der Waals surface area contributed by atoms with E-state index in [0.29, 0.717) is 12.3 Å². The number of amides is 1. The Balaban J connectivity index is 1.74. The molecular weight excluding hydrogens is 250 g/mol. The number of carbonyl (C=O) groups is 1. The second-order valence-corrected chi connectivity index (χ2v) is 4.55. The molecule has 0 spiro atoms. The third-order valence-electron chi connectivity index (χ3n) is 3.03. The van der Waals surface area contributed by atoms with Crippen molar-refractivity contribution in [3.63, 3.8) is 0 Å². The van der Waals surface area contributed by atoms with Crippen molar-refractivity contribution in [2.45, 2.75) is 19.9 Å². The Kier molecular flexibility index (Phi) is 5.18. The molecule has 0 aliphatic heterocycles. The van der Waals surface area contributed by atoms with E-state index >= 15 is 0 Å². The van der Waals surface area contributed by atoms with Crippen LogP contribution in [0.5, 0.6) is 5.75 Å². The second kappa shape index (κ2) is 7.34. The summed E-state index contributed by atoms with van der Waals surface area (Å²) < 4.78 is 5.38. The summed E-state index contributed by atoms with van der Waals surface area (Å²) in [5.74, 6) is 0.586. The Labute approximate surface area is 119 Å². The highest BCUT2D eigenvalue weighted by atomic mass is 16.5. The normalized spacial score (nSPS) is 10.1. The summed E-state index contributed by atoms with van der Waals surface area (Å²) >= 11 is 0. The van der Waals surface area contributed by atoms with E-state index < -0.39 is 0 Å². The molecular formula is C17H19NO2. The molecule has 0 saturated carbocycles. The largest absolute Gasteiger partial charge is 0.484 e. The minimum atomic E-state index is -0.117. The molecule has 0 radical (unpaired) electrons. The van der Waals surface area contributed by atoms with E-state index in [4.69, 9.17) is 4.74 Å². The first-order chi connectivity index (χ1) is 9.78. The smallest absolute Gasteiger partial charge is 0.258 e. The van der Waals surface area contributed by atoms with Gasteiger partial charge in [0.1, 0.15) is 5.75 Å². The van der Waals surface area contributed by atoms with E-state index in [9.17, 15) is 4.79 Å². The molecule has 0 saturated heterocycles. The van der Waals surface area contributed by atoms with E-state index in [-0.39, 0.29) is 12.5 Å². The van der Waals surface area contributed by atoms with Gasteiger partial charge in [-0.15, -0.1) is 0 Å². The number of para-hydroxylation sites is 1. The van der Waals surface area contributed by atoms with Crippen LogP contribution < -0.4 is 10.1 Å². The summed E-state index contributed by atoms with van der Waals surface area (Å²) in [6.07, 6.45) is 1.03. The number of rotatable bonds is 6. The standard InChI is InChI=1S/C17H19NO2/c1-2-14-8-10-15(11-9-14)12-18-17(19)13-20-16-6-4-3-5-7-16/h3-11H,2,12-13H2,1H3,(H,18,19). The maximum absolute atomic E-state index is 11.7. The molecule has 0 aliphatic rings. The lowest BCUT2D eigenvalue weighted by molar-refractivity contribution is -0.123. The van der Waals surface area contributed by atoms with Gasteiger partial charge in [-0.25, -0.2) is 0 Å². The van der Waals surface area contributed by atoms with Crippen molar-refractivity contribution in [1.29, 1.82) is 0 Å². The fraction of sp³-hybridized carbons (Fsp3) is 0.235. The van der Waals surface area contributed by atoms with Crippen LogP contribution in [0.2, 0.25) is 0 Å². The topological polar surface area (TPSA) is 38.3 Å². The summed E-state index contributed by atoms with van der Waals surface area (Å²) in [5, 5.41) is 2.84. The average Bonchev–Trinajstić information content (AvgIpc) is 2.52. The highest BCUT2D eigenvalue weighted by Gasteiger charge is 2.02. The Morgan fingerprint density at radius 1 is 1.00 bits per heavy atom. The van der Waals surface area contributed by atoms with Crippen molar-refractivity contribution >= 4 is 5.91 Å². The van der Waals surface area contributed by atoms with Crippen LogP contribution in [0.15, 0.2) is 54.6 Å². The maximum Gasteiger partial charge on any atom is 0.258 e. The van der Waals surface area contributed by atoms with Crippen LogP contribution in [0.25, 0.3) is 0 Å². The number of aryl methyl sites for hydroxylation is 1. The Morgan fingerprint density at radius 3 is 2.30 bits per heavy atom. The van der Waals surface area contributed by atoms with Gasteiger partial charge in [-0.2, -0.15) is 0 Å². The minimum absolute atomic E-state index is 0.0387. The van der Waals surface area contributed by atoms with Gasteiger partial charge < -0.3 is 10.1 Å². The lowest BCUT2D eigenvalue weighted by atomic mass is 10.1. The van der Waals surface area contributed by atoms with Crippen LogP contribution in [0.1, 0.15) is 18.1 Å². The monoisotopic (exact) mass is 269 g/mol. The Hall–Kier alpha value is -2.29. The number of hydrogen-bond donors (Lipinski definition) is 1. The van der Waals surface area contributed by atoms with Crippen LogP contribution in [0, 0.1) is 0 Å². The van der Waals surface area contributed by atoms with E-state index in [1.54, 1.807) is 0 Å². The number of carbonyl (C=O) groups excluding carboxylic acids is 1. The molecule has 1 N–H and O–H groups in total. The first kappa shape index (κ1) is 14.1. The van der Waals surface area contributed by atoms with Gasteiger partial charge >= 0.3 is 0 Å². The zero-order chi connectivity index (χ0) is 14.2. The summed E-state index contributed by atoms with van der Waals surface area (Å²) in [7, 11) is 0. The van der Waals surface area contributed by atoms with Crippen LogP contribution >= 0.6 is 0 Å². The zero-order valence-corrected chi connectivity index (χ0v) is 11.6. The minimum Gasteiger partial charge on any atom is -0.484 e. The summed E-state index contributed by atoms with van der Waals surface area (Å²) in [4.78, 5) is 11.7. The van der Waals surface area contributed by atoms with Crippen molar-refractivity contribution in [3.05, 3.63) is 65.7 Å². The predicted octanol–water partition coefficient (Wildman–Crippen LogP) is 2.94. The molecule has 2 rings (SSSR count). The first-order valence-corrected chi connectivity index (χ1v) is 6.80. The van der Waals surface area contributed by atoms with Gasteiger partial charge in [-0.3, -0.25) is 4.79 Å². The quantitative estimate of drug-likeness (QED) is 0.875. The Bertz CT molecular complexity index is 535. The van der Waals surface area contributed by atoms with E-state index in [2.05, 4.69) is 24.4 Å². The van der Waals surface area contributed by atoms with Gasteiger partial charge in [0.15, 0.2) is 6.61 Å². The van der Waals surface area contributed by atoms with Crippen molar-refractivity contribution in [1.82, 2.24) is 5.32 Å². The molecule has 0 heterocycles. The third-order valence-corrected chi connectivity index (χ3v) is 3.03. The molecule has 0 atom stereocenters. The molecule has 3 nitrogen and oxygen atoms in total. The molecule has 0 fully saturated rings. The van der Waals surface area contributed by atoms with Gasteiger partial charge in [-0.1, -0.05) is 49.4 Å². The molecule has 2 aromatic rings.